The number of nitrogens with one attached hydrogen (secondary N) is 1. The molecule has 2 amide bonds. The van der Waals surface area contributed by atoms with Gasteiger partial charge in [0.2, 0.25) is 23.6 Å². The van der Waals surface area contributed by atoms with E-state index in [9.17, 15) is 9.59 Å². The quantitative estimate of drug-likeness (QED) is 0.0872. The Morgan fingerprint density at radius 2 is 1.31 bits per heavy atom. The molecule has 0 bridgehead atoms. The second-order valence-electron chi connectivity index (χ2n) is 11.8. The fourth-order valence-corrected chi connectivity index (χ4v) is 6.50. The number of halogens is 3. The van der Waals surface area contributed by atoms with E-state index in [1.54, 1.807) is 72.3 Å². The number of anilines is 1. The van der Waals surface area contributed by atoms with Crippen LogP contribution in [0, 0.1) is 0 Å². The predicted octanol–water partition coefficient (Wildman–Crippen LogP) is 9.33. The number of carbonyl (C=O) groups excluding carboxylic acids is 2. The van der Waals surface area contributed by atoms with Gasteiger partial charge in [-0.15, -0.1) is 11.3 Å². The van der Waals surface area contributed by atoms with Crippen molar-refractivity contribution in [3.63, 3.8) is 0 Å². The van der Waals surface area contributed by atoms with Gasteiger partial charge in [0.15, 0.2) is 0 Å². The molecule has 5 N–H and O–H groups in total. The summed E-state index contributed by atoms with van der Waals surface area (Å²) in [6, 6.07) is 28.6. The Kier molecular flexibility index (Phi) is 14.7. The van der Waals surface area contributed by atoms with Crippen LogP contribution in [0.3, 0.4) is 0 Å². The summed E-state index contributed by atoms with van der Waals surface area (Å²) in [5.74, 6) is 0.702. The Bertz CT molecular complexity index is 2150. The average Bonchev–Trinajstić information content (AvgIpc) is 3.70. The third-order valence-electron chi connectivity index (χ3n) is 7.82. The van der Waals surface area contributed by atoms with Crippen molar-refractivity contribution >= 4 is 63.0 Å². The molecular formula is C40H37Cl3N6O4S. The second kappa shape index (κ2) is 19.8. The zero-order valence-corrected chi connectivity index (χ0v) is 32.3. The van der Waals surface area contributed by atoms with Crippen molar-refractivity contribution in [2.75, 3.05) is 18.0 Å². The summed E-state index contributed by atoms with van der Waals surface area (Å²) in [4.78, 5) is 33.1. The summed E-state index contributed by atoms with van der Waals surface area (Å²) in [5, 5.41) is 8.21. The third-order valence-corrected chi connectivity index (χ3v) is 9.52. The van der Waals surface area contributed by atoms with Crippen LogP contribution in [0.4, 0.5) is 5.00 Å². The van der Waals surface area contributed by atoms with Crippen molar-refractivity contribution in [3.8, 4) is 23.3 Å². The van der Waals surface area contributed by atoms with Gasteiger partial charge in [-0.3, -0.25) is 9.59 Å². The van der Waals surface area contributed by atoms with E-state index in [1.165, 1.54) is 10.6 Å². The van der Waals surface area contributed by atoms with Crippen LogP contribution >= 0.6 is 46.1 Å². The number of rotatable bonds is 15. The third kappa shape index (κ3) is 11.9. The molecule has 0 saturated carbocycles. The van der Waals surface area contributed by atoms with Gasteiger partial charge in [-0.1, -0.05) is 46.9 Å². The highest BCUT2D eigenvalue weighted by Gasteiger charge is 2.12. The largest absolute Gasteiger partial charge is 0.438 e. The Morgan fingerprint density at radius 3 is 1.81 bits per heavy atom. The normalized spacial score (nSPS) is 10.6. The number of hydrogen-bond acceptors (Lipinski definition) is 9. The van der Waals surface area contributed by atoms with Gasteiger partial charge in [-0.2, -0.15) is 0 Å². The highest BCUT2D eigenvalue weighted by Crippen LogP contribution is 2.30. The summed E-state index contributed by atoms with van der Waals surface area (Å²) in [5.41, 5.74) is 14.4. The molecule has 0 fully saturated rings. The zero-order valence-electron chi connectivity index (χ0n) is 29.2. The molecular weight excluding hydrogens is 767 g/mol. The molecule has 0 aliphatic carbocycles. The smallest absolute Gasteiger partial charge is 0.248 e. The monoisotopic (exact) mass is 802 g/mol. The lowest BCUT2D eigenvalue weighted by Gasteiger charge is -2.21. The first kappa shape index (κ1) is 40.0. The van der Waals surface area contributed by atoms with Crippen LogP contribution in [0.1, 0.15) is 44.3 Å². The molecule has 3 aromatic heterocycles. The highest BCUT2D eigenvalue weighted by molar-refractivity contribution is 7.14. The van der Waals surface area contributed by atoms with E-state index in [0.717, 1.165) is 42.2 Å². The number of nitrogens with zero attached hydrogens (tertiary/aromatic N) is 3. The predicted molar refractivity (Wildman–Crippen MR) is 216 cm³/mol. The Hall–Kier alpha value is -5.17. The maximum absolute atomic E-state index is 11.1. The van der Waals surface area contributed by atoms with Crippen LogP contribution < -0.4 is 31.2 Å². The van der Waals surface area contributed by atoms with E-state index in [2.05, 4.69) is 38.6 Å². The minimum Gasteiger partial charge on any atom is -0.438 e. The molecule has 0 saturated heterocycles. The Balaban J connectivity index is 0.000000208. The highest BCUT2D eigenvalue weighted by atomic mass is 35.5. The molecule has 0 spiro atoms. The van der Waals surface area contributed by atoms with Crippen molar-refractivity contribution in [1.29, 1.82) is 0 Å². The Labute approximate surface area is 332 Å². The second-order valence-corrected chi connectivity index (χ2v) is 13.9. The maximum atomic E-state index is 11.1. The van der Waals surface area contributed by atoms with E-state index in [4.69, 9.17) is 55.7 Å². The summed E-state index contributed by atoms with van der Waals surface area (Å²) in [6.07, 6.45) is 4.35. The number of primary amides is 2. The number of aromatic nitrogens is 2. The zero-order chi connectivity index (χ0) is 38.5. The first-order valence-electron chi connectivity index (χ1n) is 16.8. The van der Waals surface area contributed by atoms with Crippen LogP contribution in [-0.2, 0) is 19.5 Å². The van der Waals surface area contributed by atoms with Crippen LogP contribution in [0.15, 0.2) is 115 Å². The summed E-state index contributed by atoms with van der Waals surface area (Å²) < 4.78 is 11.4. The summed E-state index contributed by atoms with van der Waals surface area (Å²) in [7, 11) is 0. The summed E-state index contributed by atoms with van der Waals surface area (Å²) in [6.45, 7) is 5.17. The number of nitrogens with two attached hydrogens (primary N) is 2. The van der Waals surface area contributed by atoms with Gasteiger partial charge >= 0.3 is 0 Å². The standard InChI is InChI=1S/C21H19Cl2N3O2.C19H18ClN3O2S/c22-17-3-1-2-14(10-17)8-9-25-12-15-11-19(23)21(26-13-15)28-18-6-4-16(5-7-18)20(24)27;1-2-23(17-4-3-9-26-17)12-13-10-16(20)19(22-11-13)25-15-7-5-14(6-8-15)18(21)24/h1-7,10-11,13,25H,8-9,12H2,(H2,24,27);3-11H,2,12H2,1H3,(H2,21,24). The Morgan fingerprint density at radius 1 is 0.741 bits per heavy atom. The number of thiophene rings is 1. The van der Waals surface area contributed by atoms with Gasteiger partial charge in [0.05, 0.1) is 5.00 Å². The molecule has 0 aliphatic heterocycles. The molecule has 0 unspecified atom stereocenters. The van der Waals surface area contributed by atoms with E-state index in [-0.39, 0.29) is 0 Å². The molecule has 278 valence electrons. The van der Waals surface area contributed by atoms with Crippen LogP contribution in [-0.4, -0.2) is 34.9 Å². The minimum absolute atomic E-state index is 0.302. The van der Waals surface area contributed by atoms with E-state index >= 15 is 0 Å². The molecule has 3 heterocycles. The van der Waals surface area contributed by atoms with Crippen molar-refractivity contribution in [3.05, 3.63) is 158 Å². The number of hydrogen-bond donors (Lipinski definition) is 3. The van der Waals surface area contributed by atoms with Gasteiger partial charge in [0, 0.05) is 48.2 Å². The first-order valence-corrected chi connectivity index (χ1v) is 18.8. The molecule has 54 heavy (non-hydrogen) atoms. The number of ether oxygens (including phenoxy) is 2. The molecule has 0 aliphatic rings. The van der Waals surface area contributed by atoms with Crippen LogP contribution in [0.5, 0.6) is 23.3 Å². The van der Waals surface area contributed by atoms with Gasteiger partial charge < -0.3 is 31.2 Å². The van der Waals surface area contributed by atoms with Crippen LogP contribution in [0.2, 0.25) is 15.1 Å². The van der Waals surface area contributed by atoms with Gasteiger partial charge in [-0.05, 0) is 127 Å². The van der Waals surface area contributed by atoms with E-state index in [1.807, 2.05) is 42.5 Å². The van der Waals surface area contributed by atoms with Gasteiger partial charge in [0.25, 0.3) is 0 Å². The molecule has 6 rings (SSSR count). The summed E-state index contributed by atoms with van der Waals surface area (Å²) >= 11 is 20.3. The van der Waals surface area contributed by atoms with Crippen LogP contribution in [0.25, 0.3) is 0 Å². The van der Waals surface area contributed by atoms with Crippen molar-refractivity contribution in [2.24, 2.45) is 11.5 Å². The number of benzene rings is 3. The molecule has 14 heteroatoms. The average molecular weight is 804 g/mol. The van der Waals surface area contributed by atoms with Crippen molar-refractivity contribution in [2.45, 2.75) is 26.4 Å². The molecule has 10 nitrogen and oxygen atoms in total. The molecule has 6 aromatic rings. The lowest BCUT2D eigenvalue weighted by Crippen LogP contribution is -2.20. The fourth-order valence-electron chi connectivity index (χ4n) is 5.03. The molecule has 0 radical (unpaired) electrons. The van der Waals surface area contributed by atoms with E-state index < -0.39 is 11.8 Å². The van der Waals surface area contributed by atoms with Gasteiger partial charge in [0.1, 0.15) is 21.5 Å². The number of pyridine rings is 2. The topological polar surface area (TPSA) is 146 Å². The van der Waals surface area contributed by atoms with E-state index in [0.29, 0.717) is 51.0 Å². The first-order chi connectivity index (χ1) is 26.1. The maximum Gasteiger partial charge on any atom is 0.248 e. The number of amides is 2. The molecule has 0 atom stereocenters. The number of carbonyl (C=O) groups is 2. The lowest BCUT2D eigenvalue weighted by atomic mass is 10.1. The van der Waals surface area contributed by atoms with Crippen molar-refractivity contribution < 1.29 is 19.1 Å². The lowest BCUT2D eigenvalue weighted by molar-refractivity contribution is 0.0992. The minimum atomic E-state index is -0.491. The fraction of sp³-hybridized carbons (Fsp3) is 0.150. The van der Waals surface area contributed by atoms with Crippen molar-refractivity contribution in [1.82, 2.24) is 15.3 Å². The SMILES string of the molecule is CCN(Cc1cnc(Oc2ccc(C(N)=O)cc2)c(Cl)c1)c1cccs1.NC(=O)c1ccc(Oc2ncc(CNCCc3cccc(Cl)c3)cc2Cl)cc1. The van der Waals surface area contributed by atoms with Gasteiger partial charge in [-0.25, -0.2) is 9.97 Å². The molecule has 3 aromatic carbocycles.